The minimum absolute atomic E-state index is 0.0310. The van der Waals surface area contributed by atoms with Crippen LogP contribution in [0.1, 0.15) is 39.5 Å². The Morgan fingerprint density at radius 1 is 0.867 bits per heavy atom. The van der Waals surface area contributed by atoms with E-state index in [-0.39, 0.29) is 16.1 Å². The summed E-state index contributed by atoms with van der Waals surface area (Å²) in [5, 5.41) is 5.06. The Hall–Kier alpha value is -4.89. The maximum absolute atomic E-state index is 13.9. The van der Waals surface area contributed by atoms with E-state index in [4.69, 9.17) is 41.0 Å². The molecule has 2 aromatic carbocycles. The third-order valence-electron chi connectivity index (χ3n) is 7.03. The van der Waals surface area contributed by atoms with Crippen LogP contribution < -0.4 is 5.56 Å². The van der Waals surface area contributed by atoms with Crippen molar-refractivity contribution in [1.29, 1.82) is 0 Å². The number of hydrogen-bond donors (Lipinski definition) is 0. The van der Waals surface area contributed by atoms with Gasteiger partial charge in [-0.05, 0) is 49.0 Å². The first-order valence-corrected chi connectivity index (χ1v) is 14.3. The number of aromatic nitrogens is 4. The number of aryl methyl sites for hydroxylation is 1. The number of carbonyl (C=O) groups excluding carboxylic acids is 4. The second-order valence-electron chi connectivity index (χ2n) is 10.4. The molecule has 0 radical (unpaired) electrons. The van der Waals surface area contributed by atoms with Gasteiger partial charge in [0.1, 0.15) is 12.7 Å². The summed E-state index contributed by atoms with van der Waals surface area (Å²) in [6.45, 7) is 6.04. The van der Waals surface area contributed by atoms with Gasteiger partial charge in [0.2, 0.25) is 10.5 Å². The highest BCUT2D eigenvalue weighted by Gasteiger charge is 2.53. The van der Waals surface area contributed by atoms with Gasteiger partial charge in [0, 0.05) is 27.7 Å². The Labute approximate surface area is 261 Å². The number of benzene rings is 2. The van der Waals surface area contributed by atoms with Crippen molar-refractivity contribution in [2.24, 2.45) is 0 Å². The van der Waals surface area contributed by atoms with Crippen LogP contribution in [0.2, 0.25) is 0 Å². The van der Waals surface area contributed by atoms with Crippen molar-refractivity contribution < 1.29 is 42.9 Å². The zero-order valence-electron chi connectivity index (χ0n) is 25.0. The average Bonchev–Trinajstić information content (AvgIpc) is 3.30. The van der Waals surface area contributed by atoms with E-state index in [0.717, 1.165) is 26.3 Å². The molecular weight excluding hydrogens is 608 g/mol. The number of ether oxygens (including phenoxy) is 5. The predicted molar refractivity (Wildman–Crippen MR) is 159 cm³/mol. The minimum atomic E-state index is -1.45. The second-order valence-corrected chi connectivity index (χ2v) is 10.8. The monoisotopic (exact) mass is 638 g/mol. The molecule has 1 saturated heterocycles. The molecule has 5 atom stereocenters. The van der Waals surface area contributed by atoms with Crippen molar-refractivity contribution in [2.45, 2.75) is 65.3 Å². The lowest BCUT2D eigenvalue weighted by molar-refractivity contribution is -0.270. The number of hydrogen-bond acceptors (Lipinski definition) is 12. The van der Waals surface area contributed by atoms with E-state index in [1.807, 2.05) is 19.1 Å². The van der Waals surface area contributed by atoms with Gasteiger partial charge in [0.25, 0.3) is 5.56 Å². The Morgan fingerprint density at radius 3 is 2.16 bits per heavy atom. The van der Waals surface area contributed by atoms with E-state index >= 15 is 0 Å². The Bertz CT molecular complexity index is 1950. The molecule has 0 unspecified atom stereocenters. The van der Waals surface area contributed by atoms with Gasteiger partial charge in [-0.1, -0.05) is 24.3 Å². The van der Waals surface area contributed by atoms with E-state index < -0.39 is 61.1 Å². The van der Waals surface area contributed by atoms with Gasteiger partial charge in [-0.2, -0.15) is 0 Å². The fourth-order valence-corrected chi connectivity index (χ4v) is 5.68. The van der Waals surface area contributed by atoms with Crippen molar-refractivity contribution in [3.8, 4) is 5.69 Å². The fraction of sp³-hybridized carbons (Fsp3) is 0.367. The molecule has 236 valence electrons. The molecule has 1 fully saturated rings. The van der Waals surface area contributed by atoms with Crippen LogP contribution in [-0.4, -0.2) is 73.6 Å². The normalized spacial score (nSPS) is 21.3. The predicted octanol–water partition coefficient (Wildman–Crippen LogP) is 2.73. The quantitative estimate of drug-likeness (QED) is 0.166. The van der Waals surface area contributed by atoms with Gasteiger partial charge in [0.15, 0.2) is 24.5 Å². The van der Waals surface area contributed by atoms with E-state index in [1.165, 1.54) is 16.2 Å². The van der Waals surface area contributed by atoms with Crippen molar-refractivity contribution in [3.63, 3.8) is 0 Å². The number of fused-ring (bicyclic) bond motifs is 3. The lowest BCUT2D eigenvalue weighted by Crippen LogP contribution is -2.60. The van der Waals surface area contributed by atoms with Crippen LogP contribution in [0.3, 0.4) is 0 Å². The van der Waals surface area contributed by atoms with Gasteiger partial charge in [-0.3, -0.25) is 28.4 Å². The van der Waals surface area contributed by atoms with E-state index in [9.17, 15) is 24.0 Å². The number of esters is 4. The zero-order valence-corrected chi connectivity index (χ0v) is 25.8. The summed E-state index contributed by atoms with van der Waals surface area (Å²) in [7, 11) is 0. The molecular formula is C30H30N4O10S. The molecule has 0 saturated carbocycles. The molecule has 0 bridgehead atoms. The molecule has 5 rings (SSSR count). The van der Waals surface area contributed by atoms with Crippen LogP contribution in [-0.2, 0) is 42.9 Å². The molecule has 14 nitrogen and oxygen atoms in total. The molecule has 0 aliphatic carbocycles. The number of carbonyl (C=O) groups is 4. The maximum Gasteiger partial charge on any atom is 0.303 e. The van der Waals surface area contributed by atoms with Gasteiger partial charge < -0.3 is 23.7 Å². The topological polar surface area (TPSA) is 159 Å². The molecule has 0 amide bonds. The molecule has 0 N–H and O–H groups in total. The summed E-state index contributed by atoms with van der Waals surface area (Å²) in [6.07, 6.45) is -6.87. The fourth-order valence-electron chi connectivity index (χ4n) is 5.36. The summed E-state index contributed by atoms with van der Waals surface area (Å²) in [4.78, 5) is 62.5. The average molecular weight is 639 g/mol. The number of rotatable bonds is 7. The maximum atomic E-state index is 13.9. The van der Waals surface area contributed by atoms with Gasteiger partial charge in [-0.25, -0.2) is 9.25 Å². The first-order chi connectivity index (χ1) is 21.4. The number of nitrogens with zero attached hydrogens (tertiary/aromatic N) is 4. The van der Waals surface area contributed by atoms with Gasteiger partial charge >= 0.3 is 23.9 Å². The first kappa shape index (κ1) is 31.5. The molecule has 0 spiro atoms. The highest BCUT2D eigenvalue weighted by atomic mass is 32.1. The largest absolute Gasteiger partial charge is 0.463 e. The van der Waals surface area contributed by atoms with Gasteiger partial charge in [-0.15, -0.1) is 5.10 Å². The van der Waals surface area contributed by atoms with Crippen LogP contribution in [0.25, 0.3) is 22.4 Å². The van der Waals surface area contributed by atoms with Crippen molar-refractivity contribution in [1.82, 2.24) is 18.7 Å². The summed E-state index contributed by atoms with van der Waals surface area (Å²) in [5.74, 6) is -2.85. The molecule has 1 aliphatic rings. The first-order valence-electron chi connectivity index (χ1n) is 13.9. The third kappa shape index (κ3) is 6.21. The molecule has 45 heavy (non-hydrogen) atoms. The summed E-state index contributed by atoms with van der Waals surface area (Å²) in [6, 6.07) is 14.1. The van der Waals surface area contributed by atoms with Crippen LogP contribution in [0.4, 0.5) is 0 Å². The number of para-hydroxylation sites is 1. The van der Waals surface area contributed by atoms with Crippen LogP contribution in [0, 0.1) is 11.7 Å². The summed E-state index contributed by atoms with van der Waals surface area (Å²) in [5.41, 5.74) is 1.49. The molecule has 4 aromatic rings. The Kier molecular flexibility index (Phi) is 8.84. The summed E-state index contributed by atoms with van der Waals surface area (Å²) >= 11 is 5.90. The Balaban J connectivity index is 1.79. The third-order valence-corrected chi connectivity index (χ3v) is 7.40. The highest BCUT2D eigenvalue weighted by Crippen LogP contribution is 2.35. The minimum Gasteiger partial charge on any atom is -0.463 e. The lowest BCUT2D eigenvalue weighted by atomic mass is 9.97. The van der Waals surface area contributed by atoms with E-state index in [2.05, 4.69) is 0 Å². The lowest BCUT2D eigenvalue weighted by Gasteiger charge is -2.44. The van der Waals surface area contributed by atoms with Crippen molar-refractivity contribution in [3.05, 3.63) is 69.2 Å². The molecule has 1 aliphatic heterocycles. The molecule has 2 aromatic heterocycles. The Morgan fingerprint density at radius 2 is 1.51 bits per heavy atom. The van der Waals surface area contributed by atoms with Gasteiger partial charge in [0.05, 0.1) is 16.6 Å². The van der Waals surface area contributed by atoms with Crippen molar-refractivity contribution >= 4 is 52.8 Å². The van der Waals surface area contributed by atoms with E-state index in [0.29, 0.717) is 16.6 Å². The standard InChI is InChI=1S/C30H30N4O10S/c1-15-9-8-10-20(13-15)32-27(39)21-11-6-7-12-22(21)33-29(32)31-34(30(33)45)28-26(43-19(5)38)25(42-18(4)37)24(41-17(3)36)23(44-28)14-40-16(2)35/h6-13,23-26,28H,14H2,1-5H3/t23-,24+,25+,26-,28-/m1/s1. The molecule has 15 heteroatoms. The molecule has 3 heterocycles. The highest BCUT2D eigenvalue weighted by molar-refractivity contribution is 7.71. The second kappa shape index (κ2) is 12.6. The summed E-state index contributed by atoms with van der Waals surface area (Å²) < 4.78 is 32.4. The van der Waals surface area contributed by atoms with Crippen LogP contribution >= 0.6 is 12.2 Å². The van der Waals surface area contributed by atoms with Crippen molar-refractivity contribution in [2.75, 3.05) is 6.61 Å². The van der Waals surface area contributed by atoms with Crippen LogP contribution in [0.5, 0.6) is 0 Å². The van der Waals surface area contributed by atoms with Crippen LogP contribution in [0.15, 0.2) is 53.3 Å². The smallest absolute Gasteiger partial charge is 0.303 e. The SMILES string of the molecule is CC(=O)OC[C@H]1O[C@@H](n2nc3n(-c4cccc(C)c4)c(=O)c4ccccc4n3c2=S)[C@H](OC(C)=O)[C@@H](OC(C)=O)[C@H]1OC(C)=O. The van der Waals surface area contributed by atoms with E-state index in [1.54, 1.807) is 40.8 Å². The zero-order chi connectivity index (χ0) is 32.6.